The monoisotopic (exact) mass is 281 g/mol. The van der Waals surface area contributed by atoms with Gasteiger partial charge in [-0.1, -0.05) is 6.92 Å². The van der Waals surface area contributed by atoms with E-state index in [-0.39, 0.29) is 11.9 Å². The molecule has 1 atom stereocenters. The van der Waals surface area contributed by atoms with E-state index in [0.29, 0.717) is 12.1 Å². The summed E-state index contributed by atoms with van der Waals surface area (Å²) in [6.07, 6.45) is -0.513. The Balaban J connectivity index is 2.84. The van der Waals surface area contributed by atoms with Crippen molar-refractivity contribution in [2.75, 3.05) is 12.3 Å². The molecule has 4 heteroatoms. The molecule has 0 aliphatic heterocycles. The van der Waals surface area contributed by atoms with Crippen LogP contribution >= 0.6 is 11.8 Å². The number of aliphatic hydroxyl groups excluding tert-OH is 1. The first kappa shape index (κ1) is 16.1. The molecular weight excluding hydrogens is 258 g/mol. The van der Waals surface area contributed by atoms with Crippen molar-refractivity contribution in [1.29, 1.82) is 0 Å². The van der Waals surface area contributed by atoms with Crippen molar-refractivity contribution in [1.82, 2.24) is 4.90 Å². The lowest BCUT2D eigenvalue weighted by molar-refractivity contribution is 0.0578. The lowest BCUT2D eigenvalue weighted by Crippen LogP contribution is -2.41. The van der Waals surface area contributed by atoms with Crippen LogP contribution in [0.4, 0.5) is 0 Å². The molecule has 0 radical (unpaired) electrons. The van der Waals surface area contributed by atoms with Crippen LogP contribution in [0.3, 0.4) is 0 Å². The third kappa shape index (κ3) is 4.88. The van der Waals surface area contributed by atoms with Crippen molar-refractivity contribution in [2.24, 2.45) is 0 Å². The molecule has 0 saturated heterocycles. The summed E-state index contributed by atoms with van der Waals surface area (Å²) >= 11 is 1.76. The smallest absolute Gasteiger partial charge is 0.254 e. The number of amides is 1. The maximum Gasteiger partial charge on any atom is 0.254 e. The lowest BCUT2D eigenvalue weighted by Gasteiger charge is -2.28. The van der Waals surface area contributed by atoms with Gasteiger partial charge in [0, 0.05) is 23.0 Å². The van der Waals surface area contributed by atoms with Gasteiger partial charge < -0.3 is 10.0 Å². The molecule has 0 fully saturated rings. The third-order valence-electron chi connectivity index (χ3n) is 2.76. The van der Waals surface area contributed by atoms with Crippen molar-refractivity contribution < 1.29 is 9.90 Å². The van der Waals surface area contributed by atoms with Crippen LogP contribution in [0.5, 0.6) is 0 Å². The molecule has 3 nitrogen and oxygen atoms in total. The average molecular weight is 281 g/mol. The van der Waals surface area contributed by atoms with E-state index in [0.717, 1.165) is 5.75 Å². The van der Waals surface area contributed by atoms with Gasteiger partial charge in [-0.25, -0.2) is 0 Å². The summed E-state index contributed by atoms with van der Waals surface area (Å²) in [7, 11) is 0. The molecule has 1 rings (SSSR count). The normalized spacial score (nSPS) is 12.5. The van der Waals surface area contributed by atoms with E-state index in [9.17, 15) is 9.90 Å². The second-order valence-electron chi connectivity index (χ2n) is 4.86. The fraction of sp³-hybridized carbons (Fsp3) is 0.533. The van der Waals surface area contributed by atoms with Gasteiger partial charge in [-0.05, 0) is 50.8 Å². The minimum atomic E-state index is -0.513. The van der Waals surface area contributed by atoms with Gasteiger partial charge in [0.1, 0.15) is 0 Å². The molecule has 0 aromatic heterocycles. The Kier molecular flexibility index (Phi) is 6.38. The predicted molar refractivity (Wildman–Crippen MR) is 80.7 cm³/mol. The number of benzene rings is 1. The van der Waals surface area contributed by atoms with Gasteiger partial charge in [-0.2, -0.15) is 0 Å². The van der Waals surface area contributed by atoms with Crippen LogP contribution in [0.1, 0.15) is 38.1 Å². The molecule has 0 heterocycles. The van der Waals surface area contributed by atoms with Gasteiger partial charge in [0.15, 0.2) is 0 Å². The van der Waals surface area contributed by atoms with Crippen molar-refractivity contribution >= 4 is 17.7 Å². The predicted octanol–water partition coefficient (Wildman–Crippen LogP) is 3.03. The second kappa shape index (κ2) is 7.56. The number of thioether (sulfide) groups is 1. The topological polar surface area (TPSA) is 40.5 Å². The Morgan fingerprint density at radius 1 is 1.26 bits per heavy atom. The van der Waals surface area contributed by atoms with Crippen LogP contribution < -0.4 is 0 Å². The number of hydrogen-bond acceptors (Lipinski definition) is 3. The molecule has 1 aromatic rings. The third-order valence-corrected chi connectivity index (χ3v) is 3.65. The zero-order valence-corrected chi connectivity index (χ0v) is 12.9. The quantitative estimate of drug-likeness (QED) is 0.815. The first-order valence-corrected chi connectivity index (χ1v) is 7.66. The van der Waals surface area contributed by atoms with Crippen LogP contribution in [0.15, 0.2) is 29.2 Å². The fourth-order valence-corrected chi connectivity index (χ4v) is 2.50. The SMILES string of the molecule is CCSc1ccc(C(=O)N(CC(C)O)C(C)C)cc1. The molecule has 1 N–H and O–H groups in total. The average Bonchev–Trinajstić information content (AvgIpc) is 2.36. The number of nitrogens with zero attached hydrogens (tertiary/aromatic N) is 1. The van der Waals surface area contributed by atoms with Crippen molar-refractivity contribution in [3.05, 3.63) is 29.8 Å². The second-order valence-corrected chi connectivity index (χ2v) is 6.20. The van der Waals surface area contributed by atoms with Gasteiger partial charge in [-0.3, -0.25) is 4.79 Å². The Hall–Kier alpha value is -1.00. The number of carbonyl (C=O) groups excluding carboxylic acids is 1. The highest BCUT2D eigenvalue weighted by molar-refractivity contribution is 7.99. The minimum absolute atomic E-state index is 0.0241. The molecule has 0 spiro atoms. The molecule has 1 amide bonds. The first-order chi connectivity index (χ1) is 8.95. The van der Waals surface area contributed by atoms with Crippen molar-refractivity contribution in [3.63, 3.8) is 0 Å². The minimum Gasteiger partial charge on any atom is -0.392 e. The van der Waals surface area contributed by atoms with E-state index in [1.54, 1.807) is 23.6 Å². The van der Waals surface area contributed by atoms with Crippen LogP contribution in [0.25, 0.3) is 0 Å². The summed E-state index contributed by atoms with van der Waals surface area (Å²) < 4.78 is 0. The van der Waals surface area contributed by atoms with Crippen LogP contribution in [-0.2, 0) is 0 Å². The van der Waals surface area contributed by atoms with E-state index in [1.807, 2.05) is 38.1 Å². The largest absolute Gasteiger partial charge is 0.392 e. The molecule has 1 aromatic carbocycles. The molecule has 0 bridgehead atoms. The van der Waals surface area contributed by atoms with Gasteiger partial charge in [0.2, 0.25) is 0 Å². The Morgan fingerprint density at radius 2 is 1.84 bits per heavy atom. The number of hydrogen-bond donors (Lipinski definition) is 1. The Morgan fingerprint density at radius 3 is 2.26 bits per heavy atom. The van der Waals surface area contributed by atoms with Crippen molar-refractivity contribution in [3.8, 4) is 0 Å². The Labute approximate surface area is 120 Å². The van der Waals surface area contributed by atoms with Gasteiger partial charge in [0.25, 0.3) is 5.91 Å². The zero-order valence-electron chi connectivity index (χ0n) is 12.1. The summed E-state index contributed by atoms with van der Waals surface area (Å²) in [6, 6.07) is 7.74. The number of rotatable bonds is 6. The Bertz CT molecular complexity index is 401. The molecule has 0 saturated carbocycles. The summed E-state index contributed by atoms with van der Waals surface area (Å²) in [5.41, 5.74) is 0.676. The molecule has 106 valence electrons. The van der Waals surface area contributed by atoms with E-state index >= 15 is 0 Å². The summed E-state index contributed by atoms with van der Waals surface area (Å²) in [6.45, 7) is 8.08. The van der Waals surface area contributed by atoms with Crippen LogP contribution in [-0.4, -0.2) is 40.4 Å². The summed E-state index contributed by atoms with van der Waals surface area (Å²) in [4.78, 5) is 15.3. The molecular formula is C15H23NO2S. The highest BCUT2D eigenvalue weighted by Gasteiger charge is 2.20. The van der Waals surface area contributed by atoms with Gasteiger partial charge in [0.05, 0.1) is 6.10 Å². The van der Waals surface area contributed by atoms with Gasteiger partial charge >= 0.3 is 0 Å². The maximum absolute atomic E-state index is 12.4. The highest BCUT2D eigenvalue weighted by atomic mass is 32.2. The first-order valence-electron chi connectivity index (χ1n) is 6.67. The van der Waals surface area contributed by atoms with Crippen molar-refractivity contribution in [2.45, 2.75) is 44.7 Å². The summed E-state index contributed by atoms with van der Waals surface area (Å²) in [5, 5.41) is 9.48. The highest BCUT2D eigenvalue weighted by Crippen LogP contribution is 2.19. The van der Waals surface area contributed by atoms with Crippen LogP contribution in [0, 0.1) is 0 Å². The number of aliphatic hydroxyl groups is 1. The van der Waals surface area contributed by atoms with E-state index in [4.69, 9.17) is 0 Å². The van der Waals surface area contributed by atoms with E-state index in [2.05, 4.69) is 6.92 Å². The number of carbonyl (C=O) groups is 1. The maximum atomic E-state index is 12.4. The van der Waals surface area contributed by atoms with E-state index in [1.165, 1.54) is 4.90 Å². The van der Waals surface area contributed by atoms with Gasteiger partial charge in [-0.15, -0.1) is 11.8 Å². The van der Waals surface area contributed by atoms with E-state index < -0.39 is 6.10 Å². The molecule has 0 aliphatic carbocycles. The molecule has 19 heavy (non-hydrogen) atoms. The summed E-state index contributed by atoms with van der Waals surface area (Å²) in [5.74, 6) is 0.997. The lowest BCUT2D eigenvalue weighted by atomic mass is 10.1. The molecule has 0 aliphatic rings. The molecule has 1 unspecified atom stereocenters. The zero-order chi connectivity index (χ0) is 14.4. The van der Waals surface area contributed by atoms with Crippen LogP contribution in [0.2, 0.25) is 0 Å². The fourth-order valence-electron chi connectivity index (χ4n) is 1.84. The standard InChI is InChI=1S/C15H23NO2S/c1-5-19-14-8-6-13(7-9-14)15(18)16(11(2)3)10-12(4)17/h6-9,11-12,17H,5,10H2,1-4H3.